The van der Waals surface area contributed by atoms with Gasteiger partial charge in [-0.3, -0.25) is 14.4 Å². The van der Waals surface area contributed by atoms with Crippen molar-refractivity contribution in [2.45, 2.75) is 110 Å². The molecule has 1 saturated carbocycles. The number of Topliss-reactive ketones (excluding diaryl/α,β-unsaturated/α-hetero) is 2. The topological polar surface area (TPSA) is 110 Å². The highest BCUT2D eigenvalue weighted by Crippen LogP contribution is 2.59. The largest absolute Gasteiger partial charge is 0.483 e. The van der Waals surface area contributed by atoms with Crippen LogP contribution >= 0.6 is 0 Å². The van der Waals surface area contributed by atoms with Crippen LogP contribution in [-0.2, 0) is 23.9 Å². The highest BCUT2D eigenvalue weighted by Gasteiger charge is 2.64. The molecule has 0 bridgehead atoms. The maximum Gasteiger partial charge on any atom is 0.224 e. The zero-order valence-electron chi connectivity index (χ0n) is 22.0. The molecule has 2 aliphatic heterocycles. The van der Waals surface area contributed by atoms with Gasteiger partial charge in [0.1, 0.15) is 11.4 Å². The van der Waals surface area contributed by atoms with Gasteiger partial charge in [0.25, 0.3) is 0 Å². The van der Waals surface area contributed by atoms with Crippen LogP contribution in [0.15, 0.2) is 23.0 Å². The van der Waals surface area contributed by atoms with Crippen molar-refractivity contribution < 1.29 is 34.1 Å². The van der Waals surface area contributed by atoms with E-state index in [1.54, 1.807) is 20.8 Å². The molecule has 2 heterocycles. The van der Waals surface area contributed by atoms with Crippen LogP contribution in [0, 0.1) is 23.2 Å². The summed E-state index contributed by atoms with van der Waals surface area (Å²) in [6.45, 7) is 12.7. The normalized spacial score (nSPS) is 39.1. The molecule has 2 fully saturated rings. The van der Waals surface area contributed by atoms with Crippen molar-refractivity contribution in [2.24, 2.45) is 23.2 Å². The van der Waals surface area contributed by atoms with Crippen LogP contribution in [-0.4, -0.2) is 57.1 Å². The summed E-state index contributed by atoms with van der Waals surface area (Å²) in [4.78, 5) is 39.5. The van der Waals surface area contributed by atoms with E-state index in [4.69, 9.17) is 9.47 Å². The zero-order valence-corrected chi connectivity index (χ0v) is 22.0. The van der Waals surface area contributed by atoms with Gasteiger partial charge in [0.2, 0.25) is 5.78 Å². The third-order valence-corrected chi connectivity index (χ3v) is 9.42. The summed E-state index contributed by atoms with van der Waals surface area (Å²) in [5, 5.41) is 21.9. The van der Waals surface area contributed by atoms with Gasteiger partial charge in [0.15, 0.2) is 11.5 Å². The van der Waals surface area contributed by atoms with E-state index in [1.165, 1.54) is 6.08 Å². The molecule has 4 aliphatic rings. The van der Waals surface area contributed by atoms with Crippen LogP contribution in [0.2, 0.25) is 0 Å². The van der Waals surface area contributed by atoms with E-state index in [-0.39, 0.29) is 53.0 Å². The van der Waals surface area contributed by atoms with E-state index in [1.807, 2.05) is 27.7 Å². The molecule has 0 unspecified atom stereocenters. The maximum absolute atomic E-state index is 13.5. The van der Waals surface area contributed by atoms with Crippen molar-refractivity contribution in [3.05, 3.63) is 23.0 Å². The average Bonchev–Trinajstić information content (AvgIpc) is 2.79. The van der Waals surface area contributed by atoms with Crippen LogP contribution in [0.3, 0.4) is 0 Å². The molecule has 0 amide bonds. The van der Waals surface area contributed by atoms with Crippen LogP contribution in [0.5, 0.6) is 0 Å². The first-order chi connectivity index (χ1) is 16.1. The number of aliphatic hydroxyl groups is 2. The summed E-state index contributed by atoms with van der Waals surface area (Å²) in [5.74, 6) is -1.79. The van der Waals surface area contributed by atoms with Crippen molar-refractivity contribution in [2.75, 3.05) is 0 Å². The Kier molecular flexibility index (Phi) is 6.47. The maximum atomic E-state index is 13.5. The molecule has 4 rings (SSSR count). The number of hydrogen-bond donors (Lipinski definition) is 2. The third-order valence-electron chi connectivity index (χ3n) is 9.42. The fourth-order valence-corrected chi connectivity index (χ4v) is 6.69. The van der Waals surface area contributed by atoms with Crippen molar-refractivity contribution in [1.82, 2.24) is 0 Å². The number of ketones is 3. The second kappa shape index (κ2) is 8.63. The first kappa shape index (κ1) is 26.2. The van der Waals surface area contributed by atoms with Crippen molar-refractivity contribution in [3.63, 3.8) is 0 Å². The predicted octanol–water partition coefficient (Wildman–Crippen LogP) is 3.45. The molecule has 7 heteroatoms. The standard InChI is InChI=1S/C28H40O7/c1-8-14(2)23(31)15(3)16-11-18(29)17-12-19-27(6,35-25(17)24(16)32)10-9-21-28(19,7)20(30)13-22(34-21)26(4,5)33/h11,14-15,19-22,30,33H,8-10,12-13H2,1-7H3/t14-,15-,19-,20-,21+,22+,27+,28-/m0/s1. The number of hydrogen-bond acceptors (Lipinski definition) is 7. The van der Waals surface area contributed by atoms with E-state index in [0.717, 1.165) is 0 Å². The molecule has 7 nitrogen and oxygen atoms in total. The lowest BCUT2D eigenvalue weighted by molar-refractivity contribution is -0.279. The van der Waals surface area contributed by atoms with Gasteiger partial charge < -0.3 is 19.7 Å². The second-order valence-corrected chi connectivity index (χ2v) is 12.1. The van der Waals surface area contributed by atoms with Crippen molar-refractivity contribution in [3.8, 4) is 0 Å². The van der Waals surface area contributed by atoms with Gasteiger partial charge >= 0.3 is 0 Å². The minimum atomic E-state index is -1.09. The number of allylic oxidation sites excluding steroid dienone is 3. The molecule has 0 aromatic carbocycles. The first-order valence-electron chi connectivity index (χ1n) is 13.0. The summed E-state index contributed by atoms with van der Waals surface area (Å²) in [6, 6.07) is 0. The molecule has 8 atom stereocenters. The zero-order chi connectivity index (χ0) is 26.1. The molecule has 35 heavy (non-hydrogen) atoms. The molecular weight excluding hydrogens is 448 g/mol. The molecule has 1 saturated heterocycles. The molecule has 0 radical (unpaired) electrons. The quantitative estimate of drug-likeness (QED) is 0.570. The lowest BCUT2D eigenvalue weighted by Crippen LogP contribution is -2.67. The molecular formula is C28H40O7. The highest BCUT2D eigenvalue weighted by molar-refractivity contribution is 6.23. The Morgan fingerprint density at radius 2 is 1.91 bits per heavy atom. The summed E-state index contributed by atoms with van der Waals surface area (Å²) in [6.07, 6.45) is 2.19. The minimum Gasteiger partial charge on any atom is -0.483 e. The smallest absolute Gasteiger partial charge is 0.224 e. The van der Waals surface area contributed by atoms with Crippen molar-refractivity contribution >= 4 is 17.3 Å². The van der Waals surface area contributed by atoms with Gasteiger partial charge in [-0.25, -0.2) is 0 Å². The number of carbonyl (C=O) groups is 3. The molecule has 2 aliphatic carbocycles. The van der Waals surface area contributed by atoms with Crippen LogP contribution in [0.4, 0.5) is 0 Å². The summed E-state index contributed by atoms with van der Waals surface area (Å²) < 4.78 is 12.7. The Bertz CT molecular complexity index is 1000. The van der Waals surface area contributed by atoms with E-state index in [2.05, 4.69) is 0 Å². The first-order valence-corrected chi connectivity index (χ1v) is 13.0. The number of ether oxygens (including phenoxy) is 2. The summed E-state index contributed by atoms with van der Waals surface area (Å²) in [5.41, 5.74) is -2.03. The van der Waals surface area contributed by atoms with Gasteiger partial charge in [-0.2, -0.15) is 0 Å². The summed E-state index contributed by atoms with van der Waals surface area (Å²) >= 11 is 0. The molecule has 2 N–H and O–H groups in total. The van der Waals surface area contributed by atoms with Gasteiger partial charge in [0.05, 0.1) is 23.9 Å². The Morgan fingerprint density at radius 3 is 2.51 bits per heavy atom. The lowest BCUT2D eigenvalue weighted by atomic mass is 9.52. The number of carbonyl (C=O) groups excluding carboxylic acids is 3. The third kappa shape index (κ3) is 4.04. The van der Waals surface area contributed by atoms with Crippen LogP contribution in [0.1, 0.15) is 80.6 Å². The number of rotatable bonds is 5. The van der Waals surface area contributed by atoms with E-state index < -0.39 is 34.7 Å². The van der Waals surface area contributed by atoms with Crippen LogP contribution < -0.4 is 0 Å². The highest BCUT2D eigenvalue weighted by atomic mass is 16.5. The van der Waals surface area contributed by atoms with Gasteiger partial charge in [-0.1, -0.05) is 27.7 Å². The monoisotopic (exact) mass is 488 g/mol. The molecule has 0 aromatic heterocycles. The Morgan fingerprint density at radius 1 is 1.26 bits per heavy atom. The fraction of sp³-hybridized carbons (Fsp3) is 0.750. The minimum absolute atomic E-state index is 0.0549. The Labute approximate surface area is 207 Å². The molecule has 0 aromatic rings. The Balaban J connectivity index is 1.66. The predicted molar refractivity (Wildman–Crippen MR) is 129 cm³/mol. The number of fused-ring (bicyclic) bond motifs is 3. The number of aliphatic hydroxyl groups excluding tert-OH is 1. The van der Waals surface area contributed by atoms with Crippen LogP contribution in [0.25, 0.3) is 0 Å². The van der Waals surface area contributed by atoms with E-state index >= 15 is 0 Å². The van der Waals surface area contributed by atoms with E-state index in [0.29, 0.717) is 31.3 Å². The lowest BCUT2D eigenvalue weighted by Gasteiger charge is -2.62. The Hall–Kier alpha value is -1.83. The van der Waals surface area contributed by atoms with Gasteiger partial charge in [0, 0.05) is 40.7 Å². The van der Waals surface area contributed by atoms with E-state index in [9.17, 15) is 24.6 Å². The van der Waals surface area contributed by atoms with Gasteiger partial charge in [-0.05, 0) is 52.5 Å². The van der Waals surface area contributed by atoms with Crippen molar-refractivity contribution in [1.29, 1.82) is 0 Å². The molecule has 194 valence electrons. The average molecular weight is 489 g/mol. The summed E-state index contributed by atoms with van der Waals surface area (Å²) in [7, 11) is 0. The fourth-order valence-electron chi connectivity index (χ4n) is 6.69. The second-order valence-electron chi connectivity index (χ2n) is 12.1. The SMILES string of the molecule is CC[C@H](C)C(=O)[C@@H](C)C1=CC(=O)C2=C(O[C@]3(C)CC[C@H]4O[C@@H](C(C)(C)O)C[C@H](O)[C@]4(C)[C@H]3C2)C1=O. The van der Waals surface area contributed by atoms with Gasteiger partial charge in [-0.15, -0.1) is 0 Å². The molecule has 0 spiro atoms.